The van der Waals surface area contributed by atoms with Crippen molar-refractivity contribution in [3.63, 3.8) is 0 Å². The number of hydroxylamine groups is 2. The summed E-state index contributed by atoms with van der Waals surface area (Å²) in [7, 11) is 0. The van der Waals surface area contributed by atoms with Gasteiger partial charge in [0.1, 0.15) is 6.61 Å². The van der Waals surface area contributed by atoms with E-state index in [-0.39, 0.29) is 12.0 Å². The predicted octanol–water partition coefficient (Wildman–Crippen LogP) is 2.54. The van der Waals surface area contributed by atoms with Crippen molar-refractivity contribution < 1.29 is 14.4 Å². The van der Waals surface area contributed by atoms with Crippen LogP contribution in [0, 0.1) is 5.92 Å². The van der Waals surface area contributed by atoms with Crippen LogP contribution in [0.3, 0.4) is 0 Å². The average Bonchev–Trinajstić information content (AvgIpc) is 3.24. The zero-order valence-electron chi connectivity index (χ0n) is 12.9. The lowest BCUT2D eigenvalue weighted by atomic mass is 10.0. The van der Waals surface area contributed by atoms with Gasteiger partial charge in [0.15, 0.2) is 0 Å². The van der Waals surface area contributed by atoms with Crippen LogP contribution in [0.5, 0.6) is 0 Å². The minimum Gasteiger partial charge on any atom is -0.461 e. The van der Waals surface area contributed by atoms with Crippen LogP contribution in [0.2, 0.25) is 0 Å². The predicted molar refractivity (Wildman–Crippen MR) is 84.2 cm³/mol. The second-order valence-electron chi connectivity index (χ2n) is 6.12. The highest BCUT2D eigenvalue weighted by Gasteiger charge is 2.42. The summed E-state index contributed by atoms with van der Waals surface area (Å²) in [6.07, 6.45) is 2.46. The molecule has 0 radical (unpaired) electrons. The second-order valence-corrected chi connectivity index (χ2v) is 6.12. The summed E-state index contributed by atoms with van der Waals surface area (Å²) in [4.78, 5) is 17.7. The molecule has 3 heterocycles. The lowest BCUT2D eigenvalue weighted by Gasteiger charge is -2.20. The molecule has 0 N–H and O–H groups in total. The molecule has 0 unspecified atom stereocenters. The Morgan fingerprint density at radius 1 is 1.22 bits per heavy atom. The first kappa shape index (κ1) is 14.5. The smallest absolute Gasteiger partial charge is 0.307 e. The van der Waals surface area contributed by atoms with Crippen molar-refractivity contribution in [2.45, 2.75) is 25.6 Å². The summed E-state index contributed by atoms with van der Waals surface area (Å²) in [5.74, 6) is 0.306. The number of aromatic nitrogens is 1. The maximum Gasteiger partial charge on any atom is 0.307 e. The second kappa shape index (κ2) is 6.18. The van der Waals surface area contributed by atoms with Crippen LogP contribution in [0.4, 0.5) is 0 Å². The van der Waals surface area contributed by atoms with E-state index in [1.807, 2.05) is 35.4 Å². The largest absolute Gasteiger partial charge is 0.461 e. The number of ether oxygens (including phenoxy) is 1. The SMILES string of the molecule is O=C(CCN1OC[C@H]2Cn3cccc3[C@H]21)OCc1ccccc1. The highest BCUT2D eigenvalue weighted by molar-refractivity contribution is 5.69. The third-order valence-electron chi connectivity index (χ3n) is 4.59. The molecule has 0 aliphatic carbocycles. The van der Waals surface area contributed by atoms with Gasteiger partial charge in [-0.05, 0) is 17.7 Å². The minimum atomic E-state index is -0.186. The molecular weight excluding hydrogens is 292 g/mol. The molecule has 1 aromatic carbocycles. The average molecular weight is 312 g/mol. The van der Waals surface area contributed by atoms with Gasteiger partial charge in [-0.15, -0.1) is 0 Å². The number of esters is 1. The number of fused-ring (bicyclic) bond motifs is 3. The molecule has 0 saturated carbocycles. The Hall–Kier alpha value is -2.11. The summed E-state index contributed by atoms with van der Waals surface area (Å²) in [5.41, 5.74) is 2.29. The van der Waals surface area contributed by atoms with Crippen LogP contribution >= 0.6 is 0 Å². The van der Waals surface area contributed by atoms with Crippen molar-refractivity contribution >= 4 is 5.97 Å². The van der Waals surface area contributed by atoms with Crippen LogP contribution in [0.1, 0.15) is 23.7 Å². The Kier molecular flexibility index (Phi) is 3.89. The van der Waals surface area contributed by atoms with E-state index >= 15 is 0 Å². The van der Waals surface area contributed by atoms with Crippen molar-refractivity contribution in [2.75, 3.05) is 13.2 Å². The van der Waals surface area contributed by atoms with Crippen molar-refractivity contribution in [1.82, 2.24) is 9.63 Å². The summed E-state index contributed by atoms with van der Waals surface area (Å²) < 4.78 is 7.60. The molecule has 1 saturated heterocycles. The van der Waals surface area contributed by atoms with Crippen LogP contribution in [-0.4, -0.2) is 28.8 Å². The van der Waals surface area contributed by atoms with Gasteiger partial charge in [-0.2, -0.15) is 5.06 Å². The van der Waals surface area contributed by atoms with Gasteiger partial charge in [-0.25, -0.2) is 0 Å². The van der Waals surface area contributed by atoms with E-state index in [9.17, 15) is 4.79 Å². The third-order valence-corrected chi connectivity index (χ3v) is 4.59. The molecule has 2 aromatic rings. The zero-order chi connectivity index (χ0) is 15.6. The van der Waals surface area contributed by atoms with E-state index < -0.39 is 0 Å². The number of carbonyl (C=O) groups is 1. The monoisotopic (exact) mass is 312 g/mol. The Balaban J connectivity index is 1.29. The molecule has 1 aromatic heterocycles. The van der Waals surface area contributed by atoms with Gasteiger partial charge in [0.05, 0.1) is 19.1 Å². The van der Waals surface area contributed by atoms with E-state index in [0.29, 0.717) is 25.5 Å². The van der Waals surface area contributed by atoms with Crippen LogP contribution < -0.4 is 0 Å². The Morgan fingerprint density at radius 2 is 2.09 bits per heavy atom. The molecule has 4 rings (SSSR count). The Labute approximate surface area is 135 Å². The number of hydrogen-bond donors (Lipinski definition) is 0. The van der Waals surface area contributed by atoms with Crippen molar-refractivity contribution in [3.8, 4) is 0 Å². The van der Waals surface area contributed by atoms with Crippen LogP contribution in [0.25, 0.3) is 0 Å². The van der Waals surface area contributed by atoms with Gasteiger partial charge in [-0.1, -0.05) is 30.3 Å². The summed E-state index contributed by atoms with van der Waals surface area (Å²) in [6.45, 7) is 2.63. The molecule has 0 amide bonds. The summed E-state index contributed by atoms with van der Waals surface area (Å²) >= 11 is 0. The third kappa shape index (κ3) is 2.90. The first-order valence-corrected chi connectivity index (χ1v) is 8.05. The molecule has 0 bridgehead atoms. The summed E-state index contributed by atoms with van der Waals surface area (Å²) in [6, 6.07) is 14.2. The van der Waals surface area contributed by atoms with E-state index in [1.54, 1.807) is 0 Å². The molecule has 5 nitrogen and oxygen atoms in total. The lowest BCUT2D eigenvalue weighted by Crippen LogP contribution is -2.26. The Bertz CT molecular complexity index is 683. The maximum absolute atomic E-state index is 12.0. The minimum absolute atomic E-state index is 0.186. The molecule has 2 aliphatic rings. The number of rotatable bonds is 5. The fraction of sp³-hybridized carbons (Fsp3) is 0.389. The topological polar surface area (TPSA) is 43.7 Å². The number of carbonyl (C=O) groups excluding carboxylic acids is 1. The lowest BCUT2D eigenvalue weighted by molar-refractivity contribution is -0.156. The number of benzene rings is 1. The fourth-order valence-electron chi connectivity index (χ4n) is 3.47. The van der Waals surface area contributed by atoms with Gasteiger partial charge in [0.25, 0.3) is 0 Å². The molecule has 0 spiro atoms. The molecule has 2 atom stereocenters. The molecular formula is C18H20N2O3. The summed E-state index contributed by atoms with van der Waals surface area (Å²) in [5, 5.41) is 1.95. The van der Waals surface area contributed by atoms with Crippen molar-refractivity contribution in [3.05, 3.63) is 59.9 Å². The molecule has 5 heteroatoms. The molecule has 1 fully saturated rings. The van der Waals surface area contributed by atoms with Gasteiger partial charge in [-0.3, -0.25) is 9.63 Å². The fourth-order valence-corrected chi connectivity index (χ4v) is 3.47. The first-order chi connectivity index (χ1) is 11.3. The first-order valence-electron chi connectivity index (χ1n) is 8.05. The van der Waals surface area contributed by atoms with Crippen LogP contribution in [0.15, 0.2) is 48.7 Å². The standard InChI is InChI=1S/C18H20N2O3/c21-17(22-12-14-5-2-1-3-6-14)8-10-20-18-15(13-23-20)11-19-9-4-7-16(18)19/h1-7,9,15,18H,8,10-13H2/t15-,18+/m1/s1. The van der Waals surface area contributed by atoms with Crippen LogP contribution in [-0.2, 0) is 27.5 Å². The highest BCUT2D eigenvalue weighted by atomic mass is 16.7. The van der Waals surface area contributed by atoms with E-state index in [2.05, 4.69) is 22.9 Å². The quantitative estimate of drug-likeness (QED) is 0.796. The van der Waals surface area contributed by atoms with Crippen molar-refractivity contribution in [2.24, 2.45) is 5.92 Å². The zero-order valence-corrected chi connectivity index (χ0v) is 12.9. The van der Waals surface area contributed by atoms with Gasteiger partial charge in [0.2, 0.25) is 0 Å². The number of nitrogens with zero attached hydrogens (tertiary/aromatic N) is 2. The normalized spacial score (nSPS) is 22.8. The van der Waals surface area contributed by atoms with Gasteiger partial charge >= 0.3 is 5.97 Å². The van der Waals surface area contributed by atoms with E-state index in [1.165, 1.54) is 5.69 Å². The van der Waals surface area contributed by atoms with Gasteiger partial charge in [0, 0.05) is 30.9 Å². The molecule has 2 aliphatic heterocycles. The highest BCUT2D eigenvalue weighted by Crippen LogP contribution is 2.41. The van der Waals surface area contributed by atoms with Gasteiger partial charge < -0.3 is 9.30 Å². The van der Waals surface area contributed by atoms with Crippen molar-refractivity contribution in [1.29, 1.82) is 0 Å². The molecule has 120 valence electrons. The number of hydrogen-bond acceptors (Lipinski definition) is 4. The Morgan fingerprint density at radius 3 is 2.96 bits per heavy atom. The van der Waals surface area contributed by atoms with E-state index in [4.69, 9.17) is 9.57 Å². The maximum atomic E-state index is 12.0. The van der Waals surface area contributed by atoms with E-state index in [0.717, 1.165) is 18.7 Å². The molecule has 23 heavy (non-hydrogen) atoms.